The maximum absolute atomic E-state index is 12.0. The van der Waals surface area contributed by atoms with Gasteiger partial charge in [-0.25, -0.2) is 9.59 Å². The van der Waals surface area contributed by atoms with E-state index in [2.05, 4.69) is 0 Å². The lowest BCUT2D eigenvalue weighted by atomic mass is 9.93. The van der Waals surface area contributed by atoms with E-state index in [1.807, 2.05) is 0 Å². The van der Waals surface area contributed by atoms with E-state index in [0.29, 0.717) is 0 Å². The Balaban J connectivity index is 2.83. The Morgan fingerprint density at radius 1 is 1.45 bits per heavy atom. The van der Waals surface area contributed by atoms with Crippen LogP contribution in [0.15, 0.2) is 0 Å². The van der Waals surface area contributed by atoms with E-state index >= 15 is 0 Å². The van der Waals surface area contributed by atoms with Crippen molar-refractivity contribution in [2.24, 2.45) is 0 Å². The SMILES string of the molecule is CCC1(C(=O)O)OCCN(C(=O)OC(C)(C)C)CC1O. The third-order valence-electron chi connectivity index (χ3n) is 3.19. The van der Waals surface area contributed by atoms with Crippen molar-refractivity contribution in [1.29, 1.82) is 0 Å². The Labute approximate surface area is 118 Å². The number of hydrogen-bond donors (Lipinski definition) is 2. The summed E-state index contributed by atoms with van der Waals surface area (Å²) in [7, 11) is 0. The second-order valence-corrected chi connectivity index (χ2v) is 5.84. The summed E-state index contributed by atoms with van der Waals surface area (Å²) in [6.45, 7) is 6.93. The lowest BCUT2D eigenvalue weighted by Gasteiger charge is -2.32. The van der Waals surface area contributed by atoms with Gasteiger partial charge in [0.05, 0.1) is 13.2 Å². The number of aliphatic carboxylic acids is 1. The average Bonchev–Trinajstić information content (AvgIpc) is 2.46. The van der Waals surface area contributed by atoms with Crippen LogP contribution in [0, 0.1) is 0 Å². The predicted molar refractivity (Wildman–Crippen MR) is 70.4 cm³/mol. The van der Waals surface area contributed by atoms with Crippen LogP contribution in [0.3, 0.4) is 0 Å². The zero-order valence-electron chi connectivity index (χ0n) is 12.4. The molecule has 0 aromatic carbocycles. The molecule has 0 radical (unpaired) electrons. The van der Waals surface area contributed by atoms with Crippen LogP contribution in [0.1, 0.15) is 34.1 Å². The van der Waals surface area contributed by atoms with Crippen LogP contribution in [0.5, 0.6) is 0 Å². The molecule has 116 valence electrons. The van der Waals surface area contributed by atoms with Gasteiger partial charge in [0, 0.05) is 6.54 Å². The van der Waals surface area contributed by atoms with E-state index in [0.717, 1.165) is 0 Å². The number of nitrogens with zero attached hydrogens (tertiary/aromatic N) is 1. The van der Waals surface area contributed by atoms with Crippen LogP contribution in [0.2, 0.25) is 0 Å². The van der Waals surface area contributed by atoms with Crippen molar-refractivity contribution in [2.45, 2.75) is 51.4 Å². The average molecular weight is 289 g/mol. The fourth-order valence-electron chi connectivity index (χ4n) is 2.07. The summed E-state index contributed by atoms with van der Waals surface area (Å²) in [6.07, 6.45) is -1.77. The minimum Gasteiger partial charge on any atom is -0.479 e. The van der Waals surface area contributed by atoms with Crippen molar-refractivity contribution >= 4 is 12.1 Å². The van der Waals surface area contributed by atoms with Crippen molar-refractivity contribution in [2.75, 3.05) is 19.7 Å². The number of hydrogen-bond acceptors (Lipinski definition) is 5. The van der Waals surface area contributed by atoms with Crippen molar-refractivity contribution < 1.29 is 29.3 Å². The maximum Gasteiger partial charge on any atom is 0.410 e. The van der Waals surface area contributed by atoms with Gasteiger partial charge in [-0.3, -0.25) is 0 Å². The van der Waals surface area contributed by atoms with Crippen LogP contribution >= 0.6 is 0 Å². The molecule has 0 aliphatic carbocycles. The van der Waals surface area contributed by atoms with Gasteiger partial charge in [-0.1, -0.05) is 6.92 Å². The quantitative estimate of drug-likeness (QED) is 0.782. The fourth-order valence-corrected chi connectivity index (χ4v) is 2.07. The van der Waals surface area contributed by atoms with Gasteiger partial charge in [0.1, 0.15) is 11.7 Å². The third kappa shape index (κ3) is 3.61. The summed E-state index contributed by atoms with van der Waals surface area (Å²) in [5.74, 6) is -1.22. The highest BCUT2D eigenvalue weighted by atomic mass is 16.6. The normalized spacial score (nSPS) is 27.9. The lowest BCUT2D eigenvalue weighted by molar-refractivity contribution is -0.180. The number of carboxylic acids is 1. The molecule has 0 bridgehead atoms. The summed E-state index contributed by atoms with van der Waals surface area (Å²) in [5, 5.41) is 19.4. The van der Waals surface area contributed by atoms with Crippen molar-refractivity contribution in [3.8, 4) is 0 Å². The first-order valence-electron chi connectivity index (χ1n) is 6.65. The number of β-amino-alcohol motifs (C(OH)–C–C–N with tert-alkyl or cyclic N) is 1. The molecule has 0 aromatic rings. The van der Waals surface area contributed by atoms with Crippen molar-refractivity contribution in [1.82, 2.24) is 4.90 Å². The zero-order chi connectivity index (χ0) is 15.6. The van der Waals surface area contributed by atoms with Gasteiger partial charge in [0.15, 0.2) is 5.60 Å². The molecule has 2 atom stereocenters. The van der Waals surface area contributed by atoms with E-state index in [1.165, 1.54) is 4.90 Å². The number of carboxylic acid groups (broad SMARTS) is 1. The van der Waals surface area contributed by atoms with Gasteiger partial charge >= 0.3 is 12.1 Å². The van der Waals surface area contributed by atoms with Gasteiger partial charge < -0.3 is 24.6 Å². The van der Waals surface area contributed by atoms with E-state index in [4.69, 9.17) is 9.47 Å². The Bertz CT molecular complexity index is 378. The largest absolute Gasteiger partial charge is 0.479 e. The first-order valence-corrected chi connectivity index (χ1v) is 6.65. The number of carbonyl (C=O) groups excluding carboxylic acids is 1. The Morgan fingerprint density at radius 3 is 2.50 bits per heavy atom. The van der Waals surface area contributed by atoms with Crippen LogP contribution in [0.25, 0.3) is 0 Å². The standard InChI is InChI=1S/C13H23NO6/c1-5-13(10(16)17)9(15)8-14(6-7-19-13)11(18)20-12(2,3)4/h9,15H,5-8H2,1-4H3,(H,16,17). The summed E-state index contributed by atoms with van der Waals surface area (Å²) in [6, 6.07) is 0. The third-order valence-corrected chi connectivity index (χ3v) is 3.19. The maximum atomic E-state index is 12.0. The van der Waals surface area contributed by atoms with Gasteiger partial charge in [-0.05, 0) is 27.2 Å². The zero-order valence-corrected chi connectivity index (χ0v) is 12.4. The molecule has 1 amide bonds. The van der Waals surface area contributed by atoms with Crippen molar-refractivity contribution in [3.63, 3.8) is 0 Å². The number of amides is 1. The molecule has 1 heterocycles. The second-order valence-electron chi connectivity index (χ2n) is 5.84. The van der Waals surface area contributed by atoms with E-state index in [1.54, 1.807) is 27.7 Å². The van der Waals surface area contributed by atoms with E-state index in [9.17, 15) is 19.8 Å². The molecule has 2 unspecified atom stereocenters. The van der Waals surface area contributed by atoms with Gasteiger partial charge in [-0.2, -0.15) is 0 Å². The summed E-state index contributed by atoms with van der Waals surface area (Å²) in [5.41, 5.74) is -2.32. The van der Waals surface area contributed by atoms with Crippen LogP contribution in [0.4, 0.5) is 4.79 Å². The number of ether oxygens (including phenoxy) is 2. The molecule has 1 rings (SSSR count). The summed E-state index contributed by atoms with van der Waals surface area (Å²) < 4.78 is 10.5. The minimum absolute atomic E-state index is 0.0381. The molecular weight excluding hydrogens is 266 g/mol. The van der Waals surface area contributed by atoms with Crippen molar-refractivity contribution in [3.05, 3.63) is 0 Å². The molecule has 1 aliphatic heterocycles. The van der Waals surface area contributed by atoms with Gasteiger partial charge in [0.25, 0.3) is 0 Å². The first kappa shape index (κ1) is 16.7. The Kier molecular flexibility index (Phi) is 4.99. The highest BCUT2D eigenvalue weighted by Gasteiger charge is 2.48. The van der Waals surface area contributed by atoms with Crippen LogP contribution < -0.4 is 0 Å². The van der Waals surface area contributed by atoms with E-state index < -0.39 is 29.4 Å². The number of aliphatic hydroxyl groups is 1. The highest BCUT2D eigenvalue weighted by molar-refractivity contribution is 5.78. The molecule has 1 fully saturated rings. The Hall–Kier alpha value is -1.34. The minimum atomic E-state index is -1.67. The predicted octanol–water partition coefficient (Wildman–Crippen LogP) is 0.848. The monoisotopic (exact) mass is 289 g/mol. The number of carbonyl (C=O) groups is 2. The van der Waals surface area contributed by atoms with E-state index in [-0.39, 0.29) is 26.1 Å². The molecule has 0 aromatic heterocycles. The van der Waals surface area contributed by atoms with Crippen LogP contribution in [-0.2, 0) is 14.3 Å². The lowest BCUT2D eigenvalue weighted by Crippen LogP contribution is -2.53. The molecule has 20 heavy (non-hydrogen) atoms. The fraction of sp³-hybridized carbons (Fsp3) is 0.846. The molecular formula is C13H23NO6. The summed E-state index contributed by atoms with van der Waals surface area (Å²) in [4.78, 5) is 24.6. The molecule has 1 aliphatic rings. The highest BCUT2D eigenvalue weighted by Crippen LogP contribution is 2.25. The van der Waals surface area contributed by atoms with Crippen LogP contribution in [-0.4, -0.2) is 64.2 Å². The molecule has 1 saturated heterocycles. The molecule has 0 spiro atoms. The molecule has 0 saturated carbocycles. The molecule has 2 N–H and O–H groups in total. The smallest absolute Gasteiger partial charge is 0.410 e. The first-order chi connectivity index (χ1) is 9.12. The molecule has 7 heteroatoms. The molecule has 7 nitrogen and oxygen atoms in total. The number of rotatable bonds is 2. The topological polar surface area (TPSA) is 96.3 Å². The number of aliphatic hydroxyl groups excluding tert-OH is 1. The second kappa shape index (κ2) is 5.97. The summed E-state index contributed by atoms with van der Waals surface area (Å²) >= 11 is 0. The Morgan fingerprint density at radius 2 is 2.05 bits per heavy atom. The van der Waals surface area contributed by atoms with Gasteiger partial charge in [-0.15, -0.1) is 0 Å². The van der Waals surface area contributed by atoms with Gasteiger partial charge in [0.2, 0.25) is 0 Å².